The van der Waals surface area contributed by atoms with Crippen molar-refractivity contribution in [2.24, 2.45) is 0 Å². The van der Waals surface area contributed by atoms with E-state index < -0.39 is 0 Å². The van der Waals surface area contributed by atoms with Gasteiger partial charge < -0.3 is 4.57 Å². The van der Waals surface area contributed by atoms with Crippen molar-refractivity contribution in [1.29, 1.82) is 0 Å². The lowest BCUT2D eigenvalue weighted by atomic mass is 10.1. The summed E-state index contributed by atoms with van der Waals surface area (Å²) in [5, 5.41) is 0. The average molecular weight is 151 g/mol. The fourth-order valence-electron chi connectivity index (χ4n) is 1.29. The molecule has 0 amide bonds. The molecule has 0 saturated carbocycles. The molecule has 62 valence electrons. The molecule has 1 aromatic rings. The van der Waals surface area contributed by atoms with Crippen LogP contribution in [0.15, 0.2) is 24.5 Å². The van der Waals surface area contributed by atoms with E-state index in [9.17, 15) is 0 Å². The van der Waals surface area contributed by atoms with Crippen molar-refractivity contribution in [3.05, 3.63) is 24.5 Å². The quantitative estimate of drug-likeness (QED) is 0.622. The maximum absolute atomic E-state index is 2.27. The monoisotopic (exact) mass is 151 g/mol. The summed E-state index contributed by atoms with van der Waals surface area (Å²) < 4.78 is 2.27. The van der Waals surface area contributed by atoms with Crippen molar-refractivity contribution in [1.82, 2.24) is 4.57 Å². The van der Waals surface area contributed by atoms with E-state index in [0.717, 1.165) is 0 Å². The van der Waals surface area contributed by atoms with Crippen LogP contribution >= 0.6 is 0 Å². The Labute approximate surface area is 69.0 Å². The number of hydrogen-bond acceptors (Lipinski definition) is 0. The molecule has 11 heavy (non-hydrogen) atoms. The van der Waals surface area contributed by atoms with Crippen LogP contribution in [0.4, 0.5) is 0 Å². The van der Waals surface area contributed by atoms with Gasteiger partial charge in [-0.25, -0.2) is 0 Å². The van der Waals surface area contributed by atoms with Crippen molar-refractivity contribution >= 4 is 0 Å². The molecule has 1 nitrogen and oxygen atoms in total. The van der Waals surface area contributed by atoms with Crippen LogP contribution in [-0.2, 0) is 0 Å². The third-order valence-electron chi connectivity index (χ3n) is 2.11. The Bertz CT molecular complexity index is 177. The highest BCUT2D eigenvalue weighted by Crippen LogP contribution is 2.13. The van der Waals surface area contributed by atoms with E-state index in [4.69, 9.17) is 0 Å². The van der Waals surface area contributed by atoms with E-state index in [1.165, 1.54) is 19.3 Å². The first-order chi connectivity index (χ1) is 5.34. The third-order valence-corrected chi connectivity index (χ3v) is 2.11. The van der Waals surface area contributed by atoms with Crippen molar-refractivity contribution in [3.63, 3.8) is 0 Å². The topological polar surface area (TPSA) is 4.93 Å². The Balaban J connectivity index is 2.36. The predicted octanol–water partition coefficient (Wildman–Crippen LogP) is 3.24. The van der Waals surface area contributed by atoms with Crippen LogP contribution in [0.3, 0.4) is 0 Å². The van der Waals surface area contributed by atoms with Gasteiger partial charge in [0.25, 0.3) is 0 Å². The first-order valence-corrected chi connectivity index (χ1v) is 4.47. The predicted molar refractivity (Wildman–Crippen MR) is 48.7 cm³/mol. The number of hydrogen-bond donors (Lipinski definition) is 0. The average Bonchev–Trinajstić information content (AvgIpc) is 2.52. The molecule has 1 aromatic heterocycles. The molecule has 0 fully saturated rings. The highest BCUT2D eigenvalue weighted by molar-refractivity contribution is 4.92. The van der Waals surface area contributed by atoms with E-state index in [2.05, 4.69) is 42.9 Å². The van der Waals surface area contributed by atoms with E-state index >= 15 is 0 Å². The van der Waals surface area contributed by atoms with Crippen molar-refractivity contribution < 1.29 is 0 Å². The first kappa shape index (κ1) is 8.38. The smallest absolute Gasteiger partial charge is 0.0302 e. The summed E-state index contributed by atoms with van der Waals surface area (Å²) in [4.78, 5) is 0. The van der Waals surface area contributed by atoms with Crippen molar-refractivity contribution in [2.75, 3.05) is 0 Å². The largest absolute Gasteiger partial charge is 0.352 e. The summed E-state index contributed by atoms with van der Waals surface area (Å²) in [7, 11) is 0. The molecule has 1 unspecified atom stereocenters. The van der Waals surface area contributed by atoms with Gasteiger partial charge in [-0.15, -0.1) is 0 Å². The maximum Gasteiger partial charge on any atom is 0.0302 e. The van der Waals surface area contributed by atoms with Crippen LogP contribution in [0.5, 0.6) is 0 Å². The van der Waals surface area contributed by atoms with Gasteiger partial charge in [0.15, 0.2) is 0 Å². The molecule has 0 N–H and O–H groups in total. The summed E-state index contributed by atoms with van der Waals surface area (Å²) >= 11 is 0. The Morgan fingerprint density at radius 1 is 1.27 bits per heavy atom. The third kappa shape index (κ3) is 2.41. The second-order valence-electron chi connectivity index (χ2n) is 3.12. The zero-order valence-electron chi connectivity index (χ0n) is 7.46. The minimum Gasteiger partial charge on any atom is -0.352 e. The van der Waals surface area contributed by atoms with Crippen LogP contribution < -0.4 is 0 Å². The Morgan fingerprint density at radius 2 is 1.91 bits per heavy atom. The molecule has 0 saturated heterocycles. The second-order valence-corrected chi connectivity index (χ2v) is 3.12. The highest BCUT2D eigenvalue weighted by Gasteiger charge is 2.00. The molecule has 0 bridgehead atoms. The molecular weight excluding hydrogens is 134 g/mol. The van der Waals surface area contributed by atoms with Crippen molar-refractivity contribution in [3.8, 4) is 0 Å². The fourth-order valence-corrected chi connectivity index (χ4v) is 1.29. The molecule has 0 aliphatic heterocycles. The van der Waals surface area contributed by atoms with Crippen LogP contribution in [0, 0.1) is 0 Å². The molecule has 0 spiro atoms. The van der Waals surface area contributed by atoms with Gasteiger partial charge in [0.05, 0.1) is 0 Å². The maximum atomic E-state index is 2.27. The Hall–Kier alpha value is -0.720. The minimum absolute atomic E-state index is 0.671. The summed E-state index contributed by atoms with van der Waals surface area (Å²) in [5.41, 5.74) is 0. The molecular formula is C10H17N. The van der Waals surface area contributed by atoms with Crippen LogP contribution in [0.2, 0.25) is 0 Å². The standard InChI is InChI=1S/C10H17N/c1-3-4-7-10(2)11-8-5-6-9-11/h5-6,8-10H,3-4,7H2,1-2H3. The zero-order chi connectivity index (χ0) is 8.10. The van der Waals surface area contributed by atoms with E-state index in [1.807, 2.05) is 0 Å². The van der Waals surface area contributed by atoms with E-state index in [1.54, 1.807) is 0 Å². The van der Waals surface area contributed by atoms with Gasteiger partial charge in [-0.1, -0.05) is 19.8 Å². The van der Waals surface area contributed by atoms with Gasteiger partial charge in [-0.3, -0.25) is 0 Å². The lowest BCUT2D eigenvalue weighted by Crippen LogP contribution is -2.01. The first-order valence-electron chi connectivity index (χ1n) is 4.47. The van der Waals surface area contributed by atoms with Crippen LogP contribution in [-0.4, -0.2) is 4.57 Å². The molecule has 1 heteroatoms. The molecule has 1 heterocycles. The van der Waals surface area contributed by atoms with Gasteiger partial charge >= 0.3 is 0 Å². The summed E-state index contributed by atoms with van der Waals surface area (Å²) in [6, 6.07) is 4.84. The molecule has 1 atom stereocenters. The number of unbranched alkanes of at least 4 members (excludes halogenated alkanes) is 1. The number of rotatable bonds is 4. The van der Waals surface area contributed by atoms with Crippen LogP contribution in [0.1, 0.15) is 39.2 Å². The highest BCUT2D eigenvalue weighted by atomic mass is 15.0. The normalized spacial score (nSPS) is 13.3. The summed E-state index contributed by atoms with van der Waals surface area (Å²) in [5.74, 6) is 0. The van der Waals surface area contributed by atoms with Gasteiger partial charge in [-0.2, -0.15) is 0 Å². The van der Waals surface area contributed by atoms with E-state index in [-0.39, 0.29) is 0 Å². The van der Waals surface area contributed by atoms with Gasteiger partial charge in [0, 0.05) is 18.4 Å². The van der Waals surface area contributed by atoms with Gasteiger partial charge in [0.2, 0.25) is 0 Å². The number of nitrogens with zero attached hydrogens (tertiary/aromatic N) is 1. The lowest BCUT2D eigenvalue weighted by Gasteiger charge is -2.12. The zero-order valence-corrected chi connectivity index (χ0v) is 7.46. The SMILES string of the molecule is CCCCC(C)n1cccc1. The Kier molecular flexibility index (Phi) is 3.21. The molecule has 0 aromatic carbocycles. The summed E-state index contributed by atoms with van der Waals surface area (Å²) in [6.45, 7) is 4.51. The van der Waals surface area contributed by atoms with E-state index in [0.29, 0.717) is 6.04 Å². The van der Waals surface area contributed by atoms with Gasteiger partial charge in [-0.05, 0) is 25.5 Å². The summed E-state index contributed by atoms with van der Waals surface area (Å²) in [6.07, 6.45) is 8.21. The molecule has 0 aliphatic rings. The van der Waals surface area contributed by atoms with Crippen molar-refractivity contribution in [2.45, 2.75) is 39.2 Å². The fraction of sp³-hybridized carbons (Fsp3) is 0.600. The van der Waals surface area contributed by atoms with Crippen LogP contribution in [0.25, 0.3) is 0 Å². The molecule has 0 aliphatic carbocycles. The Morgan fingerprint density at radius 3 is 2.45 bits per heavy atom. The lowest BCUT2D eigenvalue weighted by molar-refractivity contribution is 0.487. The molecule has 0 radical (unpaired) electrons. The van der Waals surface area contributed by atoms with Gasteiger partial charge in [0.1, 0.15) is 0 Å². The molecule has 1 rings (SSSR count). The number of aromatic nitrogens is 1. The second kappa shape index (κ2) is 4.22. The minimum atomic E-state index is 0.671.